The molecule has 1 N–H and O–H groups in total. The van der Waals surface area contributed by atoms with Gasteiger partial charge in [-0.15, -0.1) is 0 Å². The predicted octanol–water partition coefficient (Wildman–Crippen LogP) is 3.26. The summed E-state index contributed by atoms with van der Waals surface area (Å²) in [5.41, 5.74) is -4.56. The van der Waals surface area contributed by atoms with E-state index in [-0.39, 0.29) is 5.69 Å². The van der Waals surface area contributed by atoms with Gasteiger partial charge in [0.15, 0.2) is 0 Å². The molecular weight excluding hydrogens is 383 g/mol. The van der Waals surface area contributed by atoms with Crippen LogP contribution in [-0.4, -0.2) is 45.2 Å². The first-order chi connectivity index (χ1) is 12.7. The summed E-state index contributed by atoms with van der Waals surface area (Å²) in [5, 5.41) is 2.76. The Bertz CT molecular complexity index is 927. The molecule has 1 aliphatic heterocycles. The number of hydrogen-bond acceptors (Lipinski definition) is 6. The summed E-state index contributed by atoms with van der Waals surface area (Å²) < 4.78 is 67.7. The molecule has 3 rings (SSSR count). The van der Waals surface area contributed by atoms with Gasteiger partial charge in [0.25, 0.3) is 9.84 Å². The molecule has 0 saturated carbocycles. The number of anilines is 3. The summed E-state index contributed by atoms with van der Waals surface area (Å²) in [6, 6.07) is 8.33. The second-order valence-corrected chi connectivity index (χ2v) is 7.88. The molecule has 0 bridgehead atoms. The largest absolute Gasteiger partial charge is 0.501 e. The second-order valence-electron chi connectivity index (χ2n) is 5.97. The lowest BCUT2D eigenvalue weighted by molar-refractivity contribution is -0.0435. The first kappa shape index (κ1) is 19.4. The number of benzene rings is 1. The Morgan fingerprint density at radius 2 is 1.74 bits per heavy atom. The summed E-state index contributed by atoms with van der Waals surface area (Å²) in [7, 11) is -5.47. The highest BCUT2D eigenvalue weighted by Gasteiger charge is 2.47. The topological polar surface area (TPSA) is 71.5 Å². The lowest BCUT2D eigenvalue weighted by atomic mass is 10.2. The molecule has 6 nitrogen and oxygen atoms in total. The average Bonchev–Trinajstić information content (AvgIpc) is 2.63. The van der Waals surface area contributed by atoms with Gasteiger partial charge in [-0.1, -0.05) is 12.1 Å². The average molecular weight is 401 g/mol. The Hall–Kier alpha value is -2.33. The van der Waals surface area contributed by atoms with E-state index in [0.29, 0.717) is 37.7 Å². The van der Waals surface area contributed by atoms with Crippen LogP contribution >= 0.6 is 0 Å². The Kier molecular flexibility index (Phi) is 5.29. The van der Waals surface area contributed by atoms with Crippen molar-refractivity contribution in [2.75, 3.05) is 36.5 Å². The fourth-order valence-corrected chi connectivity index (χ4v) is 3.64. The fraction of sp³-hybridized carbons (Fsp3) is 0.353. The smallest absolute Gasteiger partial charge is 0.378 e. The molecule has 146 valence electrons. The maximum atomic E-state index is 12.9. The lowest BCUT2D eigenvalue weighted by Crippen LogP contribution is -2.36. The number of morpholine rings is 1. The molecule has 2 aromatic rings. The van der Waals surface area contributed by atoms with Crippen molar-refractivity contribution in [2.45, 2.75) is 17.3 Å². The van der Waals surface area contributed by atoms with E-state index in [9.17, 15) is 21.6 Å². The molecule has 0 aliphatic carbocycles. The zero-order valence-corrected chi connectivity index (χ0v) is 15.3. The van der Waals surface area contributed by atoms with Crippen LogP contribution in [0.25, 0.3) is 0 Å². The molecule has 1 saturated heterocycles. The third kappa shape index (κ3) is 4.01. The first-order valence-electron chi connectivity index (χ1n) is 8.18. The van der Waals surface area contributed by atoms with E-state index in [4.69, 9.17) is 4.74 Å². The Morgan fingerprint density at radius 1 is 1.07 bits per heavy atom. The predicted molar refractivity (Wildman–Crippen MR) is 95.0 cm³/mol. The maximum absolute atomic E-state index is 12.9. The number of halogens is 3. The number of rotatable bonds is 4. The van der Waals surface area contributed by atoms with E-state index in [2.05, 4.69) is 10.3 Å². The van der Waals surface area contributed by atoms with Crippen LogP contribution in [0.5, 0.6) is 0 Å². The minimum atomic E-state index is -5.47. The van der Waals surface area contributed by atoms with Crippen LogP contribution < -0.4 is 10.2 Å². The first-order valence-corrected chi connectivity index (χ1v) is 9.66. The number of hydrogen-bond donors (Lipinski definition) is 1. The lowest BCUT2D eigenvalue weighted by Gasteiger charge is -2.28. The van der Waals surface area contributed by atoms with Crippen molar-refractivity contribution in [3.8, 4) is 0 Å². The molecule has 2 heterocycles. The van der Waals surface area contributed by atoms with Crippen molar-refractivity contribution in [3.63, 3.8) is 0 Å². The maximum Gasteiger partial charge on any atom is 0.501 e. The minimum Gasteiger partial charge on any atom is -0.378 e. The zero-order valence-electron chi connectivity index (χ0n) is 14.5. The quantitative estimate of drug-likeness (QED) is 0.848. The molecule has 10 heteroatoms. The van der Waals surface area contributed by atoms with Gasteiger partial charge >= 0.3 is 5.51 Å². The number of sulfone groups is 1. The Balaban J connectivity index is 1.90. The van der Waals surface area contributed by atoms with Crippen LogP contribution in [0.2, 0.25) is 0 Å². The summed E-state index contributed by atoms with van der Waals surface area (Å²) in [6.45, 7) is 4.30. The number of nitrogens with one attached hydrogen (secondary N) is 1. The highest BCUT2D eigenvalue weighted by Crippen LogP contribution is 2.35. The number of pyridine rings is 1. The number of ether oxygens (including phenoxy) is 1. The van der Waals surface area contributed by atoms with Gasteiger partial charge < -0.3 is 15.0 Å². The van der Waals surface area contributed by atoms with Crippen molar-refractivity contribution < 1.29 is 26.3 Å². The van der Waals surface area contributed by atoms with E-state index in [1.54, 1.807) is 19.1 Å². The van der Waals surface area contributed by atoms with Crippen LogP contribution in [0.1, 0.15) is 5.69 Å². The van der Waals surface area contributed by atoms with Gasteiger partial charge in [0.2, 0.25) is 0 Å². The molecule has 0 spiro atoms. The number of aromatic nitrogens is 1. The summed E-state index contributed by atoms with van der Waals surface area (Å²) >= 11 is 0. The number of aryl methyl sites for hydroxylation is 1. The van der Waals surface area contributed by atoms with Crippen molar-refractivity contribution in [2.24, 2.45) is 0 Å². The molecule has 1 aliphatic rings. The van der Waals surface area contributed by atoms with Gasteiger partial charge in [-0.25, -0.2) is 13.4 Å². The SMILES string of the molecule is Cc1nc(N2CCOCC2)ccc1Nc1ccccc1S(=O)(=O)C(F)(F)F. The number of alkyl halides is 3. The molecule has 1 aromatic carbocycles. The molecule has 0 radical (unpaired) electrons. The van der Waals surface area contributed by atoms with Crippen LogP contribution in [0.4, 0.5) is 30.4 Å². The summed E-state index contributed by atoms with van der Waals surface area (Å²) in [4.78, 5) is 5.69. The number of nitrogens with zero attached hydrogens (tertiary/aromatic N) is 2. The third-order valence-corrected chi connectivity index (χ3v) is 5.70. The molecular formula is C17H18F3N3O3S. The Morgan fingerprint density at radius 3 is 2.37 bits per heavy atom. The highest BCUT2D eigenvalue weighted by atomic mass is 32.2. The van der Waals surface area contributed by atoms with Crippen molar-refractivity contribution in [1.29, 1.82) is 0 Å². The van der Waals surface area contributed by atoms with Crippen LogP contribution in [-0.2, 0) is 14.6 Å². The Labute approximate surface area is 154 Å². The van der Waals surface area contributed by atoms with E-state index < -0.39 is 20.2 Å². The fourth-order valence-electron chi connectivity index (χ4n) is 2.72. The van der Waals surface area contributed by atoms with Crippen molar-refractivity contribution in [1.82, 2.24) is 4.98 Å². The van der Waals surface area contributed by atoms with Gasteiger partial charge in [0.05, 0.1) is 35.2 Å². The van der Waals surface area contributed by atoms with E-state index in [1.165, 1.54) is 18.2 Å². The minimum absolute atomic E-state index is 0.154. The third-order valence-electron chi connectivity index (χ3n) is 4.16. The number of para-hydroxylation sites is 1. The van der Waals surface area contributed by atoms with E-state index in [0.717, 1.165) is 11.9 Å². The normalized spacial score (nSPS) is 15.6. The van der Waals surface area contributed by atoms with Crippen LogP contribution in [0, 0.1) is 6.92 Å². The zero-order chi connectivity index (χ0) is 19.7. The van der Waals surface area contributed by atoms with Crippen molar-refractivity contribution in [3.05, 3.63) is 42.1 Å². The van der Waals surface area contributed by atoms with Gasteiger partial charge in [-0.2, -0.15) is 13.2 Å². The highest BCUT2D eigenvalue weighted by molar-refractivity contribution is 7.92. The van der Waals surface area contributed by atoms with Gasteiger partial charge in [-0.3, -0.25) is 0 Å². The molecule has 27 heavy (non-hydrogen) atoms. The van der Waals surface area contributed by atoms with E-state index >= 15 is 0 Å². The van der Waals surface area contributed by atoms with Gasteiger partial charge in [0.1, 0.15) is 5.82 Å². The molecule has 0 atom stereocenters. The van der Waals surface area contributed by atoms with Crippen LogP contribution in [0.15, 0.2) is 41.3 Å². The van der Waals surface area contributed by atoms with Crippen LogP contribution in [0.3, 0.4) is 0 Å². The van der Waals surface area contributed by atoms with Gasteiger partial charge in [-0.05, 0) is 31.2 Å². The van der Waals surface area contributed by atoms with Crippen molar-refractivity contribution >= 4 is 27.0 Å². The molecule has 0 unspecified atom stereocenters. The summed E-state index contributed by atoms with van der Waals surface area (Å²) in [6.07, 6.45) is 0. The van der Waals surface area contributed by atoms with Gasteiger partial charge in [0, 0.05) is 13.1 Å². The standard InChI is InChI=1S/C17H18F3N3O3S/c1-12-13(6-7-16(21-12)23-8-10-26-11-9-23)22-14-4-2-3-5-15(14)27(24,25)17(18,19)20/h2-7,22H,8-11H2,1H3. The monoisotopic (exact) mass is 401 g/mol. The second kappa shape index (κ2) is 7.35. The summed E-state index contributed by atoms with van der Waals surface area (Å²) in [5.74, 6) is 0.734. The molecule has 0 amide bonds. The molecule has 1 aromatic heterocycles. The van der Waals surface area contributed by atoms with E-state index in [1.807, 2.05) is 4.90 Å². The molecule has 1 fully saturated rings.